The number of rotatable bonds is 75. The minimum atomic E-state index is -4.97. The Kier molecular flexibility index (Phi) is 75.7. The summed E-state index contributed by atoms with van der Waals surface area (Å²) in [5.41, 5.74) is 0. The second-order valence-electron chi connectivity index (χ2n) is 26.4. The maximum atomic E-state index is 12.9. The van der Waals surface area contributed by atoms with Gasteiger partial charge in [-0.05, 0) is 141 Å². The molecule has 0 amide bonds. The molecule has 0 bridgehead atoms. The largest absolute Gasteiger partial charge is 0.472 e. The first-order chi connectivity index (χ1) is 52.2. The molecule has 0 aromatic carbocycles. The fourth-order valence-electron chi connectivity index (χ4n) is 10.2. The van der Waals surface area contributed by atoms with Crippen molar-refractivity contribution < 1.29 is 75.8 Å². The number of aliphatic hydroxyl groups is 2. The molecule has 0 heterocycles. The Balaban J connectivity index is 4.52. The molecule has 0 aliphatic carbocycles. The smallest absolute Gasteiger partial charge is 0.463 e. The Morgan fingerprint density at radius 1 is 0.262 bits per heavy atom. The van der Waals surface area contributed by atoms with Gasteiger partial charge in [0.2, 0.25) is 0 Å². The molecule has 0 fully saturated rings. The van der Waals surface area contributed by atoms with Crippen LogP contribution < -0.4 is 0 Å². The molecular formula is C89H144O16P2. The lowest BCUT2D eigenvalue weighted by Gasteiger charge is -2.21. The second-order valence-corrected chi connectivity index (χ2v) is 29.3. The molecule has 107 heavy (non-hydrogen) atoms. The lowest BCUT2D eigenvalue weighted by Crippen LogP contribution is -2.30. The molecule has 0 saturated carbocycles. The molecule has 16 nitrogen and oxygen atoms in total. The van der Waals surface area contributed by atoms with Gasteiger partial charge in [-0.15, -0.1) is 0 Å². The first-order valence-corrected chi connectivity index (χ1v) is 43.7. The molecule has 5 unspecified atom stereocenters. The van der Waals surface area contributed by atoms with E-state index < -0.39 is 91.5 Å². The van der Waals surface area contributed by atoms with E-state index in [2.05, 4.69) is 185 Å². The summed E-state index contributed by atoms with van der Waals surface area (Å²) in [6.45, 7) is 2.16. The molecule has 18 heteroatoms. The summed E-state index contributed by atoms with van der Waals surface area (Å²) in [5.74, 6) is -1.75. The standard InChI is InChI=1S/C89H144O16P2/c1-4-7-10-13-16-19-22-25-28-31-33-34-35-36-37-38-39-40-41-42-43-44-45-46-47-48-50-53-54-57-60-63-66-69-72-75-87(92)99-78-84(90)79-101-106(95,96)102-80-85(91)81-103-107(97,98)104-83-86(105-89(94)77-74-71-68-65-62-59-56-51-30-27-24-21-18-15-12-9-6-3)82-100-88(93)76-73-70-67-64-61-58-55-52-49-32-29-26-23-20-17-14-11-8-5-2/h7-12,16-21,25-30,33-34,36-37,49,52,56,58-59,61,65,67-68,70,84-86,90-91H,4-6,13-15,22-24,31-32,35,38-48,50-51,53-55,57,60,62-64,66,69,71-83H2,1-3H3,(H,95,96)(H,97,98)/b10-7-,11-8-,12-9-,19-16-,20-17-,21-18-,28-25-,29-26-,30-27-,34-33-,37-36-,52-49-,59-56-,61-58-,68-65-,70-67-. The van der Waals surface area contributed by atoms with Crippen molar-refractivity contribution in [3.63, 3.8) is 0 Å². The zero-order valence-electron chi connectivity index (χ0n) is 66.2. The van der Waals surface area contributed by atoms with Crippen LogP contribution in [0.4, 0.5) is 0 Å². The van der Waals surface area contributed by atoms with E-state index in [9.17, 15) is 43.5 Å². The SMILES string of the molecule is CC/C=C\C/C=C\C/C=C\C/C=C\C/C=C\C/C=C\CCC(=O)OCC(COP(=O)(O)OCC(O)COP(=O)(O)OCC(O)COC(=O)CCCCCCCCCCCCCCCCCCCCC/C=C\C/C=C\C/C=C\C/C=C\C/C=C\CC)OC(=O)CCC/C=C\C/C=C\C/C=C\C/C=C\C/C=C\CC. The predicted octanol–water partition coefficient (Wildman–Crippen LogP) is 24.3. The fourth-order valence-corrected chi connectivity index (χ4v) is 11.8. The Morgan fingerprint density at radius 3 is 0.822 bits per heavy atom. The number of ether oxygens (including phenoxy) is 3. The third kappa shape index (κ3) is 81.2. The lowest BCUT2D eigenvalue weighted by molar-refractivity contribution is -0.161. The van der Waals surface area contributed by atoms with E-state index in [1.54, 1.807) is 0 Å². The van der Waals surface area contributed by atoms with Crippen molar-refractivity contribution >= 4 is 33.6 Å². The predicted molar refractivity (Wildman–Crippen MR) is 444 cm³/mol. The Bertz CT molecular complexity index is 2720. The van der Waals surface area contributed by atoms with Crippen LogP contribution in [0.25, 0.3) is 0 Å². The van der Waals surface area contributed by atoms with Crippen LogP contribution in [-0.4, -0.2) is 95.9 Å². The van der Waals surface area contributed by atoms with E-state index in [0.717, 1.165) is 116 Å². The number of hydrogen-bond donors (Lipinski definition) is 4. The van der Waals surface area contributed by atoms with Crippen LogP contribution >= 0.6 is 15.6 Å². The van der Waals surface area contributed by atoms with E-state index >= 15 is 0 Å². The summed E-state index contributed by atoms with van der Waals surface area (Å²) in [6.07, 6.45) is 105. The third-order valence-corrected chi connectivity index (χ3v) is 18.2. The van der Waals surface area contributed by atoms with E-state index in [-0.39, 0.29) is 19.3 Å². The Morgan fingerprint density at radius 2 is 0.495 bits per heavy atom. The summed E-state index contributed by atoms with van der Waals surface area (Å²) in [4.78, 5) is 58.6. The highest BCUT2D eigenvalue weighted by Gasteiger charge is 2.29. The Hall–Kier alpha value is -5.61. The van der Waals surface area contributed by atoms with Crippen LogP contribution in [0, 0.1) is 0 Å². The van der Waals surface area contributed by atoms with Gasteiger partial charge in [-0.2, -0.15) is 0 Å². The van der Waals surface area contributed by atoms with Crippen LogP contribution in [-0.2, 0) is 55.8 Å². The number of hydrogen-bond acceptors (Lipinski definition) is 14. The maximum absolute atomic E-state index is 12.9. The first-order valence-electron chi connectivity index (χ1n) is 40.7. The van der Waals surface area contributed by atoms with Gasteiger partial charge in [0.15, 0.2) is 6.10 Å². The lowest BCUT2D eigenvalue weighted by atomic mass is 10.0. The molecule has 0 aliphatic heterocycles. The van der Waals surface area contributed by atoms with Crippen molar-refractivity contribution in [1.82, 2.24) is 0 Å². The summed E-state index contributed by atoms with van der Waals surface area (Å²) in [6, 6.07) is 0. The normalized spacial score (nSPS) is 14.9. The molecule has 5 atom stereocenters. The van der Waals surface area contributed by atoms with Crippen LogP contribution in [0.2, 0.25) is 0 Å². The minimum Gasteiger partial charge on any atom is -0.463 e. The van der Waals surface area contributed by atoms with Gasteiger partial charge in [0.1, 0.15) is 25.4 Å². The summed E-state index contributed by atoms with van der Waals surface area (Å²) in [7, 11) is -9.84. The van der Waals surface area contributed by atoms with Crippen molar-refractivity contribution in [3.8, 4) is 0 Å². The fraction of sp³-hybridized carbons (Fsp3) is 0.607. The average Bonchev–Trinajstić information content (AvgIpc) is 0.923. The topological polar surface area (TPSA) is 231 Å². The van der Waals surface area contributed by atoms with E-state index in [4.69, 9.17) is 32.3 Å². The number of aliphatic hydroxyl groups excluding tert-OH is 2. The second kappa shape index (κ2) is 79.9. The number of esters is 3. The third-order valence-electron chi connectivity index (χ3n) is 16.3. The molecule has 0 saturated heterocycles. The molecule has 0 aliphatic rings. The number of phosphoric acid groups is 2. The minimum absolute atomic E-state index is 0.00328. The zero-order chi connectivity index (χ0) is 78.0. The van der Waals surface area contributed by atoms with Crippen LogP contribution in [0.5, 0.6) is 0 Å². The molecule has 0 rings (SSSR count). The van der Waals surface area contributed by atoms with Crippen LogP contribution in [0.15, 0.2) is 194 Å². The first kappa shape index (κ1) is 101. The maximum Gasteiger partial charge on any atom is 0.472 e. The van der Waals surface area contributed by atoms with Gasteiger partial charge in [0, 0.05) is 19.3 Å². The highest BCUT2D eigenvalue weighted by Crippen LogP contribution is 2.45. The molecule has 0 radical (unpaired) electrons. The van der Waals surface area contributed by atoms with Crippen molar-refractivity contribution in [2.24, 2.45) is 0 Å². The van der Waals surface area contributed by atoms with Gasteiger partial charge < -0.3 is 34.2 Å². The van der Waals surface area contributed by atoms with Crippen molar-refractivity contribution in [1.29, 1.82) is 0 Å². The quantitative estimate of drug-likeness (QED) is 0.0146. The van der Waals surface area contributed by atoms with Crippen molar-refractivity contribution in [2.75, 3.05) is 39.6 Å². The van der Waals surface area contributed by atoms with E-state index in [1.165, 1.54) is 103 Å². The number of carbonyl (C=O) groups is 3. The van der Waals surface area contributed by atoms with Gasteiger partial charge in [-0.1, -0.05) is 324 Å². The van der Waals surface area contributed by atoms with Gasteiger partial charge in [0.25, 0.3) is 0 Å². The van der Waals surface area contributed by atoms with Gasteiger partial charge in [-0.25, -0.2) is 9.13 Å². The monoisotopic (exact) mass is 1530 g/mol. The highest BCUT2D eigenvalue weighted by atomic mass is 31.2. The molecular weight excluding hydrogens is 1390 g/mol. The molecule has 0 spiro atoms. The number of phosphoric ester groups is 2. The van der Waals surface area contributed by atoms with E-state index in [1.807, 2.05) is 30.4 Å². The van der Waals surface area contributed by atoms with Crippen LogP contribution in [0.1, 0.15) is 290 Å². The Labute approximate surface area is 648 Å². The van der Waals surface area contributed by atoms with Crippen molar-refractivity contribution in [3.05, 3.63) is 194 Å². The molecule has 4 N–H and O–H groups in total. The van der Waals surface area contributed by atoms with Crippen molar-refractivity contribution in [2.45, 2.75) is 309 Å². The highest BCUT2D eigenvalue weighted by molar-refractivity contribution is 7.47. The number of unbranched alkanes of at least 4 members (excludes halogenated alkanes) is 20. The van der Waals surface area contributed by atoms with Gasteiger partial charge in [-0.3, -0.25) is 32.5 Å². The molecule has 606 valence electrons. The zero-order valence-corrected chi connectivity index (χ0v) is 68.0. The van der Waals surface area contributed by atoms with E-state index in [0.29, 0.717) is 32.1 Å². The summed E-state index contributed by atoms with van der Waals surface area (Å²) < 4.78 is 61.0. The number of carbonyl (C=O) groups excluding carboxylic acids is 3. The number of allylic oxidation sites excluding steroid dienone is 32. The van der Waals surface area contributed by atoms with Gasteiger partial charge >= 0.3 is 33.6 Å². The summed E-state index contributed by atoms with van der Waals surface area (Å²) >= 11 is 0. The van der Waals surface area contributed by atoms with Gasteiger partial charge in [0.05, 0.1) is 26.4 Å². The molecule has 0 aromatic heterocycles. The van der Waals surface area contributed by atoms with Crippen LogP contribution in [0.3, 0.4) is 0 Å². The summed E-state index contributed by atoms with van der Waals surface area (Å²) in [5, 5.41) is 20.6. The average molecular weight is 1530 g/mol. The molecule has 0 aromatic rings.